The molecule has 0 spiro atoms. The number of aliphatic hydroxyl groups is 1. The van der Waals surface area contributed by atoms with Crippen molar-refractivity contribution in [1.29, 1.82) is 0 Å². The van der Waals surface area contributed by atoms with Gasteiger partial charge in [-0.1, -0.05) is 101 Å². The summed E-state index contributed by atoms with van der Waals surface area (Å²) in [5, 5.41) is 18.5. The molecule has 0 amide bonds. The molecule has 5 heteroatoms. The van der Waals surface area contributed by atoms with Crippen LogP contribution in [0.15, 0.2) is 78.7 Å². The Bertz CT molecular complexity index is 2230. The second-order valence-corrected chi connectivity index (χ2v) is 13.9. The molecule has 7 rings (SSSR count). The summed E-state index contributed by atoms with van der Waals surface area (Å²) in [6.07, 6.45) is 6.85. The maximum absolute atomic E-state index is 11.7. The summed E-state index contributed by atoms with van der Waals surface area (Å²) >= 11 is 0. The third-order valence-corrected chi connectivity index (χ3v) is 10.7. The van der Waals surface area contributed by atoms with Gasteiger partial charge in [0.05, 0.1) is 5.76 Å². The molecule has 1 aliphatic carbocycles. The van der Waals surface area contributed by atoms with E-state index < -0.39 is 0 Å². The third kappa shape index (κ3) is 6.44. The molecule has 0 saturated carbocycles. The maximum Gasteiger partial charge on any atom is 0.162 e. The van der Waals surface area contributed by atoms with Crippen molar-refractivity contribution in [2.45, 2.75) is 86.5 Å². The van der Waals surface area contributed by atoms with Crippen LogP contribution in [0.5, 0.6) is 0 Å². The van der Waals surface area contributed by atoms with E-state index in [1.165, 1.54) is 55.1 Å². The number of aliphatic hydroxyl groups excluding tert-OH is 1. The van der Waals surface area contributed by atoms with Gasteiger partial charge in [-0.3, -0.25) is 9.78 Å². The van der Waals surface area contributed by atoms with Crippen molar-refractivity contribution in [1.82, 2.24) is 9.97 Å². The van der Waals surface area contributed by atoms with Crippen molar-refractivity contribution in [2.75, 3.05) is 0 Å². The molecule has 6 aromatic rings. The summed E-state index contributed by atoms with van der Waals surface area (Å²) in [6, 6.07) is 25.7. The van der Waals surface area contributed by atoms with Gasteiger partial charge in [0, 0.05) is 55.3 Å². The fourth-order valence-electron chi connectivity index (χ4n) is 7.44. The van der Waals surface area contributed by atoms with Gasteiger partial charge in [-0.05, 0) is 106 Å². The van der Waals surface area contributed by atoms with E-state index in [0.29, 0.717) is 0 Å². The predicted octanol–water partition coefficient (Wildman–Crippen LogP) is 11.7. The zero-order valence-electron chi connectivity index (χ0n) is 30.0. The van der Waals surface area contributed by atoms with E-state index in [1.54, 1.807) is 0 Å². The molecule has 255 valence electrons. The molecule has 0 aliphatic heterocycles. The summed E-state index contributed by atoms with van der Waals surface area (Å²) < 4.78 is 0. The predicted molar refractivity (Wildman–Crippen MR) is 202 cm³/mol. The number of carbonyl (C=O) groups excluding carboxylic acids is 1. The van der Waals surface area contributed by atoms with Crippen molar-refractivity contribution in [3.05, 3.63) is 107 Å². The summed E-state index contributed by atoms with van der Waals surface area (Å²) in [5.74, 6) is 0.547. The summed E-state index contributed by atoms with van der Waals surface area (Å²) in [5.41, 5.74) is 7.75. The van der Waals surface area contributed by atoms with Crippen molar-refractivity contribution in [3.8, 4) is 11.3 Å². The van der Waals surface area contributed by atoms with E-state index in [4.69, 9.17) is 9.97 Å². The topological polar surface area (TPSA) is 63.1 Å². The first-order valence-corrected chi connectivity index (χ1v) is 17.6. The number of rotatable bonds is 7. The molecular weight excluding hydrogens is 781 g/mol. The van der Waals surface area contributed by atoms with Crippen LogP contribution < -0.4 is 0 Å². The van der Waals surface area contributed by atoms with Gasteiger partial charge in [0.15, 0.2) is 5.78 Å². The van der Waals surface area contributed by atoms with E-state index in [2.05, 4.69) is 82.3 Å². The minimum Gasteiger partial charge on any atom is -0.512 e. The Morgan fingerprint density at radius 2 is 1.51 bits per heavy atom. The van der Waals surface area contributed by atoms with Gasteiger partial charge in [0.25, 0.3) is 0 Å². The standard InChI is InChI=1S/C31H23N2.C13H24O2.Ir/c1-17-13-19-9-10-21-22-11-12-32-29-25-15-20-7-5-6-8-27(20)33-30(25)31(3,4)26(28(22)29)16-24(21)23(19)14-18(17)2;1-5-10(6-2)12(14)9-13(15)11(7-3)8-4;/h5-14,16H,1-4H3;9-11,14H,5-8H2,1-4H3;/q-1;;/b;12-9-;. The third-order valence-electron chi connectivity index (χ3n) is 10.7. The Kier molecular flexibility index (Phi) is 10.8. The van der Waals surface area contributed by atoms with Crippen LogP contribution in [0.3, 0.4) is 0 Å². The summed E-state index contributed by atoms with van der Waals surface area (Å²) in [4.78, 5) is 21.7. The van der Waals surface area contributed by atoms with Gasteiger partial charge in [0.1, 0.15) is 0 Å². The van der Waals surface area contributed by atoms with Gasteiger partial charge >= 0.3 is 0 Å². The van der Waals surface area contributed by atoms with Crippen LogP contribution in [0.1, 0.15) is 89.6 Å². The number of hydrogen-bond donors (Lipinski definition) is 1. The Labute approximate surface area is 304 Å². The summed E-state index contributed by atoms with van der Waals surface area (Å²) in [7, 11) is 0. The zero-order valence-corrected chi connectivity index (χ0v) is 32.4. The Morgan fingerprint density at radius 1 is 0.837 bits per heavy atom. The quantitative estimate of drug-likeness (QED) is 0.0754. The second-order valence-electron chi connectivity index (χ2n) is 13.9. The first-order chi connectivity index (χ1) is 23.0. The van der Waals surface area contributed by atoms with Crippen LogP contribution >= 0.6 is 0 Å². The van der Waals surface area contributed by atoms with Gasteiger partial charge < -0.3 is 10.1 Å². The smallest absolute Gasteiger partial charge is 0.162 e. The fourth-order valence-corrected chi connectivity index (χ4v) is 7.44. The number of ketones is 1. The number of pyridine rings is 2. The minimum atomic E-state index is -0.264. The average Bonchev–Trinajstić information content (AvgIpc) is 3.08. The number of nitrogens with zero attached hydrogens (tertiary/aromatic N) is 2. The fraction of sp³-hybridized carbons (Fsp3) is 0.341. The van der Waals surface area contributed by atoms with E-state index >= 15 is 0 Å². The Morgan fingerprint density at radius 3 is 2.20 bits per heavy atom. The maximum atomic E-state index is 11.7. The number of benzene rings is 4. The van der Waals surface area contributed by atoms with E-state index in [9.17, 15) is 9.90 Å². The van der Waals surface area contributed by atoms with Gasteiger partial charge in [-0.25, -0.2) is 0 Å². The molecule has 2 aromatic heterocycles. The van der Waals surface area contributed by atoms with Crippen molar-refractivity contribution in [3.63, 3.8) is 0 Å². The zero-order chi connectivity index (χ0) is 34.3. The second kappa shape index (κ2) is 14.5. The minimum absolute atomic E-state index is 0. The number of carbonyl (C=O) groups is 1. The molecule has 49 heavy (non-hydrogen) atoms. The number of para-hydroxylation sites is 1. The first kappa shape index (κ1) is 36.4. The van der Waals surface area contributed by atoms with Gasteiger partial charge in [-0.2, -0.15) is 0 Å². The molecule has 0 unspecified atom stereocenters. The SMILES string of the molecule is CCC(CC)C(=O)/C=C(\O)C(CC)CC.Cc1cc2ccc3c4ccnc5c4c(cc3c2cc1C)C(C)(C)c1nc2ccccc2[c-]c1-5.[Ir]. The van der Waals surface area contributed by atoms with Crippen molar-refractivity contribution in [2.24, 2.45) is 11.8 Å². The Balaban J connectivity index is 0.000000252. The van der Waals surface area contributed by atoms with Gasteiger partial charge in [0.2, 0.25) is 0 Å². The molecule has 4 nitrogen and oxygen atoms in total. The molecule has 4 aromatic carbocycles. The number of allylic oxidation sites excluding steroid dienone is 2. The first-order valence-electron chi connectivity index (χ1n) is 17.6. The largest absolute Gasteiger partial charge is 0.512 e. The molecule has 0 fully saturated rings. The van der Waals surface area contributed by atoms with E-state index in [1.807, 2.05) is 46.0 Å². The number of aromatic nitrogens is 2. The van der Waals surface area contributed by atoms with E-state index in [-0.39, 0.29) is 48.9 Å². The number of fused-ring (bicyclic) bond motifs is 7. The molecule has 0 bridgehead atoms. The van der Waals surface area contributed by atoms with E-state index in [0.717, 1.165) is 53.5 Å². The molecule has 2 heterocycles. The molecule has 1 aliphatic rings. The molecule has 0 saturated heterocycles. The van der Waals surface area contributed by atoms with Crippen molar-refractivity contribution < 1.29 is 30.0 Å². The molecular formula is C44H47IrN2O2-. The average molecular weight is 828 g/mol. The number of aryl methyl sites for hydroxylation is 2. The molecule has 1 radical (unpaired) electrons. The van der Waals surface area contributed by atoms with Crippen LogP contribution in [-0.4, -0.2) is 20.9 Å². The Hall–Kier alpha value is -3.92. The number of hydrogen-bond acceptors (Lipinski definition) is 4. The van der Waals surface area contributed by atoms with Gasteiger partial charge in [-0.15, -0.1) is 12.1 Å². The molecule has 0 atom stereocenters. The molecule has 1 N–H and O–H groups in total. The monoisotopic (exact) mass is 828 g/mol. The van der Waals surface area contributed by atoms with Crippen molar-refractivity contribution >= 4 is 49.0 Å². The van der Waals surface area contributed by atoms with Crippen LogP contribution in [0.2, 0.25) is 0 Å². The van der Waals surface area contributed by atoms with Crippen LogP contribution in [-0.2, 0) is 30.3 Å². The van der Waals surface area contributed by atoms with Crippen LogP contribution in [0.4, 0.5) is 0 Å². The summed E-state index contributed by atoms with van der Waals surface area (Å²) in [6.45, 7) is 17.0. The van der Waals surface area contributed by atoms with Crippen LogP contribution in [0, 0.1) is 31.7 Å². The normalized spacial score (nSPS) is 13.5. The van der Waals surface area contributed by atoms with Crippen LogP contribution in [0.25, 0.3) is 54.5 Å².